The van der Waals surface area contributed by atoms with E-state index in [1.165, 1.54) is 62.5 Å². The third kappa shape index (κ3) is 8.99. The first kappa shape index (κ1) is 26.7. The van der Waals surface area contributed by atoms with Gasteiger partial charge in [-0.05, 0) is 73.2 Å². The highest BCUT2D eigenvalue weighted by Crippen LogP contribution is 2.23. The number of benzene rings is 2. The van der Waals surface area contributed by atoms with Crippen molar-refractivity contribution in [1.82, 2.24) is 0 Å². The normalized spacial score (nSPS) is 10.8. The van der Waals surface area contributed by atoms with Crippen molar-refractivity contribution < 1.29 is 19.1 Å². The van der Waals surface area contributed by atoms with E-state index in [1.54, 1.807) is 12.1 Å². The van der Waals surface area contributed by atoms with Crippen LogP contribution in [0.25, 0.3) is 0 Å². The van der Waals surface area contributed by atoms with Gasteiger partial charge in [0, 0.05) is 0 Å². The summed E-state index contributed by atoms with van der Waals surface area (Å²) >= 11 is 1.08. The van der Waals surface area contributed by atoms with Crippen molar-refractivity contribution in [2.75, 3.05) is 0 Å². The Hall–Kier alpha value is -2.92. The van der Waals surface area contributed by atoms with Gasteiger partial charge in [-0.3, -0.25) is 0 Å². The molecule has 5 heteroatoms. The molecule has 0 N–H and O–H groups in total. The Labute approximate surface area is 213 Å². The van der Waals surface area contributed by atoms with Gasteiger partial charge in [0.15, 0.2) is 0 Å². The molecule has 3 rings (SSSR count). The first-order valence-corrected chi connectivity index (χ1v) is 13.6. The van der Waals surface area contributed by atoms with Gasteiger partial charge in [-0.15, -0.1) is 11.3 Å². The SMILES string of the molecule is CCCCCCc1ccc(OC(=O)c2ccc(C(=O)Oc3ccc(CCCCCC)cc3)s2)cc1. The molecule has 0 saturated heterocycles. The number of carbonyl (C=O) groups excluding carboxylic acids is 2. The van der Waals surface area contributed by atoms with Crippen molar-refractivity contribution in [1.29, 1.82) is 0 Å². The lowest BCUT2D eigenvalue weighted by molar-refractivity contribution is 0.0732. The van der Waals surface area contributed by atoms with E-state index in [-0.39, 0.29) is 0 Å². The van der Waals surface area contributed by atoms with Crippen molar-refractivity contribution in [2.24, 2.45) is 0 Å². The number of rotatable bonds is 14. The predicted molar refractivity (Wildman–Crippen MR) is 143 cm³/mol. The highest BCUT2D eigenvalue weighted by molar-refractivity contribution is 7.15. The van der Waals surface area contributed by atoms with Crippen LogP contribution in [0.2, 0.25) is 0 Å². The molecule has 186 valence electrons. The molecule has 0 bridgehead atoms. The average Bonchev–Trinajstić information content (AvgIpc) is 3.37. The highest BCUT2D eigenvalue weighted by Gasteiger charge is 2.17. The third-order valence-electron chi connectivity index (χ3n) is 5.91. The van der Waals surface area contributed by atoms with Crippen molar-refractivity contribution in [3.05, 3.63) is 81.5 Å². The Balaban J connectivity index is 1.48. The molecule has 0 fully saturated rings. The summed E-state index contributed by atoms with van der Waals surface area (Å²) in [4.78, 5) is 25.8. The lowest BCUT2D eigenvalue weighted by atomic mass is 10.1. The van der Waals surface area contributed by atoms with Gasteiger partial charge in [0.05, 0.1) is 0 Å². The maximum atomic E-state index is 12.5. The van der Waals surface area contributed by atoms with Crippen molar-refractivity contribution in [3.63, 3.8) is 0 Å². The van der Waals surface area contributed by atoms with Gasteiger partial charge in [-0.1, -0.05) is 76.6 Å². The Morgan fingerprint density at radius 1 is 0.571 bits per heavy atom. The average molecular weight is 493 g/mol. The molecule has 2 aromatic carbocycles. The Morgan fingerprint density at radius 3 is 1.34 bits per heavy atom. The first-order chi connectivity index (χ1) is 17.1. The summed E-state index contributed by atoms with van der Waals surface area (Å²) < 4.78 is 11.0. The van der Waals surface area contributed by atoms with Gasteiger partial charge in [0.2, 0.25) is 0 Å². The second-order valence-electron chi connectivity index (χ2n) is 8.85. The van der Waals surface area contributed by atoms with Crippen LogP contribution >= 0.6 is 11.3 Å². The minimum Gasteiger partial charge on any atom is -0.422 e. The fourth-order valence-corrected chi connectivity index (χ4v) is 4.59. The standard InChI is InChI=1S/C30H36O4S/c1-3-5-7-9-11-23-13-17-25(18-14-23)33-29(31)27-21-22-28(35-27)30(32)34-26-19-15-24(16-20-26)12-10-8-6-4-2/h13-22H,3-12H2,1-2H3. The van der Waals surface area contributed by atoms with E-state index in [2.05, 4.69) is 13.8 Å². The van der Waals surface area contributed by atoms with Crippen LogP contribution in [-0.4, -0.2) is 11.9 Å². The van der Waals surface area contributed by atoms with E-state index < -0.39 is 11.9 Å². The van der Waals surface area contributed by atoms with Gasteiger partial charge in [-0.2, -0.15) is 0 Å². The lowest BCUT2D eigenvalue weighted by Crippen LogP contribution is -2.07. The lowest BCUT2D eigenvalue weighted by Gasteiger charge is -2.05. The summed E-state index contributed by atoms with van der Waals surface area (Å²) in [6, 6.07) is 18.5. The molecule has 1 aromatic heterocycles. The third-order valence-corrected chi connectivity index (χ3v) is 6.96. The van der Waals surface area contributed by atoms with Crippen LogP contribution in [0.1, 0.15) is 95.7 Å². The maximum Gasteiger partial charge on any atom is 0.353 e. The van der Waals surface area contributed by atoms with Crippen LogP contribution in [0.15, 0.2) is 60.7 Å². The van der Waals surface area contributed by atoms with Gasteiger partial charge >= 0.3 is 11.9 Å². The van der Waals surface area contributed by atoms with Crippen molar-refractivity contribution >= 4 is 23.3 Å². The van der Waals surface area contributed by atoms with E-state index in [0.717, 1.165) is 24.2 Å². The molecule has 0 aliphatic carbocycles. The summed E-state index contributed by atoms with van der Waals surface area (Å²) in [5, 5.41) is 0. The van der Waals surface area contributed by atoms with Crippen LogP contribution in [0.5, 0.6) is 11.5 Å². The number of ether oxygens (including phenoxy) is 2. The fraction of sp³-hybridized carbons (Fsp3) is 0.400. The molecular weight excluding hydrogens is 456 g/mol. The van der Waals surface area contributed by atoms with Gasteiger partial charge in [-0.25, -0.2) is 9.59 Å². The van der Waals surface area contributed by atoms with Gasteiger partial charge < -0.3 is 9.47 Å². The molecule has 0 radical (unpaired) electrons. The molecule has 0 spiro atoms. The number of esters is 2. The summed E-state index contributed by atoms with van der Waals surface area (Å²) in [5.41, 5.74) is 2.48. The zero-order chi connectivity index (χ0) is 24.9. The Kier molecular flexibility index (Phi) is 11.0. The molecule has 0 saturated carbocycles. The van der Waals surface area contributed by atoms with Crippen LogP contribution in [0, 0.1) is 0 Å². The molecule has 3 aromatic rings. The molecule has 0 aliphatic rings. The number of unbranched alkanes of at least 4 members (excludes halogenated alkanes) is 6. The molecule has 0 unspecified atom stereocenters. The Bertz CT molecular complexity index is 967. The molecule has 1 heterocycles. The van der Waals surface area contributed by atoms with Gasteiger partial charge in [0.1, 0.15) is 21.3 Å². The van der Waals surface area contributed by atoms with Crippen molar-refractivity contribution in [3.8, 4) is 11.5 Å². The number of thiophene rings is 1. The predicted octanol–water partition coefficient (Wildman–Crippen LogP) is 8.43. The first-order valence-electron chi connectivity index (χ1n) is 12.8. The van der Waals surface area contributed by atoms with E-state index >= 15 is 0 Å². The summed E-state index contributed by atoms with van der Waals surface area (Å²) in [6.07, 6.45) is 11.9. The molecule has 35 heavy (non-hydrogen) atoms. The summed E-state index contributed by atoms with van der Waals surface area (Å²) in [5.74, 6) is 0.0496. The number of carbonyl (C=O) groups is 2. The van der Waals surface area contributed by atoms with E-state index in [0.29, 0.717) is 21.3 Å². The zero-order valence-corrected chi connectivity index (χ0v) is 21.7. The fourth-order valence-electron chi connectivity index (χ4n) is 3.83. The van der Waals surface area contributed by atoms with Crippen LogP contribution < -0.4 is 9.47 Å². The molecule has 4 nitrogen and oxygen atoms in total. The number of hydrogen-bond donors (Lipinski definition) is 0. The molecule has 0 aliphatic heterocycles. The Morgan fingerprint density at radius 2 is 0.971 bits per heavy atom. The second-order valence-corrected chi connectivity index (χ2v) is 9.94. The maximum absolute atomic E-state index is 12.5. The molecular formula is C30H36O4S. The monoisotopic (exact) mass is 492 g/mol. The number of hydrogen-bond acceptors (Lipinski definition) is 5. The summed E-state index contributed by atoms with van der Waals surface area (Å²) in [6.45, 7) is 4.41. The second kappa shape index (κ2) is 14.5. The van der Waals surface area contributed by atoms with Crippen molar-refractivity contribution in [2.45, 2.75) is 78.1 Å². The van der Waals surface area contributed by atoms with Crippen LogP contribution in [0.3, 0.4) is 0 Å². The van der Waals surface area contributed by atoms with E-state index in [4.69, 9.17) is 9.47 Å². The minimum atomic E-state index is -0.475. The molecule has 0 amide bonds. The number of aryl methyl sites for hydroxylation is 2. The smallest absolute Gasteiger partial charge is 0.353 e. The summed E-state index contributed by atoms with van der Waals surface area (Å²) in [7, 11) is 0. The largest absolute Gasteiger partial charge is 0.422 e. The van der Waals surface area contributed by atoms with Crippen LogP contribution in [-0.2, 0) is 12.8 Å². The highest BCUT2D eigenvalue weighted by atomic mass is 32.1. The van der Waals surface area contributed by atoms with Gasteiger partial charge in [0.25, 0.3) is 0 Å². The molecule has 0 atom stereocenters. The van der Waals surface area contributed by atoms with Crippen LogP contribution in [0.4, 0.5) is 0 Å². The topological polar surface area (TPSA) is 52.6 Å². The zero-order valence-electron chi connectivity index (χ0n) is 20.9. The minimum absolute atomic E-state index is 0.364. The van der Waals surface area contributed by atoms with E-state index in [9.17, 15) is 9.59 Å². The quantitative estimate of drug-likeness (QED) is 0.129. The van der Waals surface area contributed by atoms with E-state index in [1.807, 2.05) is 48.5 Å².